The third-order valence-corrected chi connectivity index (χ3v) is 2.18. The summed E-state index contributed by atoms with van der Waals surface area (Å²) in [4.78, 5) is 22.1. The molecule has 5 nitrogen and oxygen atoms in total. The van der Waals surface area contributed by atoms with Gasteiger partial charge in [0.25, 0.3) is 0 Å². The van der Waals surface area contributed by atoms with Crippen molar-refractivity contribution in [3.63, 3.8) is 0 Å². The Bertz CT molecular complexity index is 406. The summed E-state index contributed by atoms with van der Waals surface area (Å²) in [5.74, 6) is -2.24. The summed E-state index contributed by atoms with van der Waals surface area (Å²) in [5.41, 5.74) is 0.694. The van der Waals surface area contributed by atoms with Crippen LogP contribution in [0.15, 0.2) is 24.3 Å². The van der Waals surface area contributed by atoms with Crippen LogP contribution >= 0.6 is 0 Å². The van der Waals surface area contributed by atoms with Crippen LogP contribution in [0, 0.1) is 5.82 Å². The smallest absolute Gasteiger partial charge is 0.330 e. The summed E-state index contributed by atoms with van der Waals surface area (Å²) in [6, 6.07) is 4.30. The fourth-order valence-electron chi connectivity index (χ4n) is 1.26. The van der Waals surface area contributed by atoms with Crippen molar-refractivity contribution in [2.75, 3.05) is 7.05 Å². The third kappa shape index (κ3) is 3.84. The molecule has 1 amide bonds. The highest BCUT2D eigenvalue weighted by Gasteiger charge is 2.23. The van der Waals surface area contributed by atoms with Gasteiger partial charge < -0.3 is 10.4 Å². The van der Waals surface area contributed by atoms with Crippen LogP contribution in [0.4, 0.5) is 4.39 Å². The number of hydrogen-bond acceptors (Lipinski definition) is 3. The molecule has 0 aliphatic rings. The topological polar surface area (TPSA) is 78.4 Å². The van der Waals surface area contributed by atoms with E-state index < -0.39 is 17.9 Å². The minimum Gasteiger partial charge on any atom is -0.480 e. The van der Waals surface area contributed by atoms with Gasteiger partial charge in [-0.05, 0) is 24.7 Å². The van der Waals surface area contributed by atoms with Crippen LogP contribution in [-0.2, 0) is 16.1 Å². The molecule has 0 saturated heterocycles. The predicted molar refractivity (Wildman–Crippen MR) is 58.7 cm³/mol. The summed E-state index contributed by atoms with van der Waals surface area (Å²) >= 11 is 0. The molecule has 0 aliphatic carbocycles. The lowest BCUT2D eigenvalue weighted by molar-refractivity contribution is -0.143. The van der Waals surface area contributed by atoms with E-state index in [1.807, 2.05) is 0 Å². The molecule has 92 valence electrons. The maximum atomic E-state index is 12.6. The van der Waals surface area contributed by atoms with E-state index in [9.17, 15) is 14.0 Å². The monoisotopic (exact) mass is 240 g/mol. The van der Waals surface area contributed by atoms with E-state index in [2.05, 4.69) is 10.6 Å². The maximum absolute atomic E-state index is 12.6. The predicted octanol–water partition coefficient (Wildman–Crippen LogP) is 0.115. The van der Waals surface area contributed by atoms with Crippen molar-refractivity contribution in [3.05, 3.63) is 35.6 Å². The Kier molecular flexibility index (Phi) is 4.59. The Morgan fingerprint density at radius 1 is 1.35 bits per heavy atom. The van der Waals surface area contributed by atoms with Gasteiger partial charge in [-0.2, -0.15) is 0 Å². The molecule has 1 rings (SSSR count). The van der Waals surface area contributed by atoms with Crippen molar-refractivity contribution in [2.45, 2.75) is 12.6 Å². The highest BCUT2D eigenvalue weighted by Crippen LogP contribution is 2.02. The number of nitrogens with one attached hydrogen (secondary N) is 2. The zero-order chi connectivity index (χ0) is 12.8. The molecule has 1 aromatic rings. The quantitative estimate of drug-likeness (QED) is 0.638. The van der Waals surface area contributed by atoms with Crippen molar-refractivity contribution in [3.8, 4) is 0 Å². The zero-order valence-electron chi connectivity index (χ0n) is 9.24. The molecule has 0 aromatic heterocycles. The first-order valence-electron chi connectivity index (χ1n) is 4.97. The summed E-state index contributed by atoms with van der Waals surface area (Å²) in [5, 5.41) is 13.5. The number of halogens is 1. The average molecular weight is 240 g/mol. The van der Waals surface area contributed by atoms with Gasteiger partial charge >= 0.3 is 5.97 Å². The Balaban J connectivity index is 2.53. The molecule has 1 atom stereocenters. The molecular formula is C11H13FN2O3. The van der Waals surface area contributed by atoms with Gasteiger partial charge in [0.1, 0.15) is 5.82 Å². The van der Waals surface area contributed by atoms with Crippen LogP contribution in [-0.4, -0.2) is 30.1 Å². The minimum atomic E-state index is -1.28. The van der Waals surface area contributed by atoms with Gasteiger partial charge in [0.15, 0.2) is 6.04 Å². The third-order valence-electron chi connectivity index (χ3n) is 2.18. The van der Waals surface area contributed by atoms with E-state index >= 15 is 0 Å². The Morgan fingerprint density at radius 2 is 1.94 bits per heavy atom. The summed E-state index contributed by atoms with van der Waals surface area (Å²) < 4.78 is 12.6. The molecule has 1 aromatic carbocycles. The van der Waals surface area contributed by atoms with Crippen molar-refractivity contribution in [2.24, 2.45) is 0 Å². The van der Waals surface area contributed by atoms with Crippen LogP contribution in [0.1, 0.15) is 5.56 Å². The molecule has 0 heterocycles. The van der Waals surface area contributed by atoms with Crippen LogP contribution in [0.3, 0.4) is 0 Å². The Labute approximate surface area is 97.6 Å². The van der Waals surface area contributed by atoms with Gasteiger partial charge in [0.05, 0.1) is 0 Å². The fraction of sp³-hybridized carbons (Fsp3) is 0.273. The molecule has 0 saturated carbocycles. The molecule has 3 N–H and O–H groups in total. The van der Waals surface area contributed by atoms with Gasteiger partial charge in [-0.3, -0.25) is 10.1 Å². The van der Waals surface area contributed by atoms with Crippen LogP contribution < -0.4 is 10.6 Å². The first-order chi connectivity index (χ1) is 8.04. The summed E-state index contributed by atoms with van der Waals surface area (Å²) in [6.45, 7) is 0.157. The highest BCUT2D eigenvalue weighted by atomic mass is 19.1. The number of carbonyl (C=O) groups excluding carboxylic acids is 1. The number of carboxylic acid groups (broad SMARTS) is 1. The van der Waals surface area contributed by atoms with Crippen LogP contribution in [0.25, 0.3) is 0 Å². The first kappa shape index (κ1) is 13.1. The number of benzene rings is 1. The normalized spacial score (nSPS) is 11.9. The average Bonchev–Trinajstić information content (AvgIpc) is 2.28. The van der Waals surface area contributed by atoms with E-state index in [-0.39, 0.29) is 12.4 Å². The van der Waals surface area contributed by atoms with E-state index in [0.29, 0.717) is 5.56 Å². The number of aliphatic carboxylic acids is 1. The molecule has 6 heteroatoms. The summed E-state index contributed by atoms with van der Waals surface area (Å²) in [6.07, 6.45) is 0. The molecule has 17 heavy (non-hydrogen) atoms. The van der Waals surface area contributed by atoms with Crippen molar-refractivity contribution in [1.82, 2.24) is 10.6 Å². The second-order valence-electron chi connectivity index (χ2n) is 3.40. The number of hydrogen-bond donors (Lipinski definition) is 3. The number of carbonyl (C=O) groups is 2. The van der Waals surface area contributed by atoms with Gasteiger partial charge in [-0.15, -0.1) is 0 Å². The second kappa shape index (κ2) is 5.95. The van der Waals surface area contributed by atoms with E-state index in [1.165, 1.54) is 31.3 Å². The lowest BCUT2D eigenvalue weighted by atomic mass is 10.2. The molecule has 0 spiro atoms. The molecule has 0 radical (unpaired) electrons. The molecule has 0 fully saturated rings. The zero-order valence-corrected chi connectivity index (χ0v) is 9.24. The van der Waals surface area contributed by atoms with Crippen molar-refractivity contribution >= 4 is 11.9 Å². The molecule has 0 aliphatic heterocycles. The van der Waals surface area contributed by atoms with Crippen molar-refractivity contribution < 1.29 is 19.1 Å². The summed E-state index contributed by atoms with van der Waals surface area (Å²) in [7, 11) is 1.39. The van der Waals surface area contributed by atoms with Crippen molar-refractivity contribution in [1.29, 1.82) is 0 Å². The van der Waals surface area contributed by atoms with Gasteiger partial charge in [-0.1, -0.05) is 12.1 Å². The standard InChI is InChI=1S/C11H13FN2O3/c1-13-9(11(16)17)10(15)14-6-7-2-4-8(12)5-3-7/h2-5,9,13H,6H2,1H3,(H,14,15)(H,16,17). The van der Waals surface area contributed by atoms with Crippen LogP contribution in [0.5, 0.6) is 0 Å². The van der Waals surface area contributed by atoms with Crippen LogP contribution in [0.2, 0.25) is 0 Å². The maximum Gasteiger partial charge on any atom is 0.330 e. The lowest BCUT2D eigenvalue weighted by Gasteiger charge is -2.11. The van der Waals surface area contributed by atoms with Gasteiger partial charge in [-0.25, -0.2) is 9.18 Å². The highest BCUT2D eigenvalue weighted by molar-refractivity contribution is 6.01. The minimum absolute atomic E-state index is 0.157. The Hall–Kier alpha value is -1.95. The Morgan fingerprint density at radius 3 is 2.41 bits per heavy atom. The number of rotatable bonds is 5. The number of amides is 1. The van der Waals surface area contributed by atoms with E-state index in [4.69, 9.17) is 5.11 Å². The number of carboxylic acids is 1. The van der Waals surface area contributed by atoms with E-state index in [0.717, 1.165) is 0 Å². The second-order valence-corrected chi connectivity index (χ2v) is 3.40. The van der Waals surface area contributed by atoms with Gasteiger partial charge in [0.2, 0.25) is 5.91 Å². The fourth-order valence-corrected chi connectivity index (χ4v) is 1.26. The number of likely N-dealkylation sites (N-methyl/N-ethyl adjacent to an activating group) is 1. The lowest BCUT2D eigenvalue weighted by Crippen LogP contribution is -2.47. The SMILES string of the molecule is CNC(C(=O)O)C(=O)NCc1ccc(F)cc1. The first-order valence-corrected chi connectivity index (χ1v) is 4.97. The van der Waals surface area contributed by atoms with Gasteiger partial charge in [0, 0.05) is 6.54 Å². The molecule has 1 unspecified atom stereocenters. The van der Waals surface area contributed by atoms with E-state index in [1.54, 1.807) is 0 Å². The molecular weight excluding hydrogens is 227 g/mol. The molecule has 0 bridgehead atoms. The largest absolute Gasteiger partial charge is 0.480 e.